The molecule has 2 aliphatic rings. The number of thiazole rings is 1. The van der Waals surface area contributed by atoms with E-state index in [-0.39, 0.29) is 5.91 Å². The van der Waals surface area contributed by atoms with Crippen LogP contribution in [-0.4, -0.2) is 34.9 Å². The zero-order chi connectivity index (χ0) is 19.0. The van der Waals surface area contributed by atoms with E-state index in [0.29, 0.717) is 52.9 Å². The minimum Gasteiger partial charge on any atom is -0.489 e. The van der Waals surface area contributed by atoms with Gasteiger partial charge in [0, 0.05) is 18.5 Å². The number of amides is 1. The Morgan fingerprint density at radius 1 is 1.48 bits per heavy atom. The van der Waals surface area contributed by atoms with Crippen LogP contribution in [0.25, 0.3) is 0 Å². The van der Waals surface area contributed by atoms with Crippen molar-refractivity contribution in [2.75, 3.05) is 29.4 Å². The summed E-state index contributed by atoms with van der Waals surface area (Å²) in [7, 11) is -1.52. The summed E-state index contributed by atoms with van der Waals surface area (Å²) in [6.07, 6.45) is 2.26. The fraction of sp³-hybridized carbons (Fsp3) is 0.444. The number of anilines is 2. The van der Waals surface area contributed by atoms with Gasteiger partial charge in [0.25, 0.3) is 0 Å². The number of hydrogen-bond donors (Lipinski definition) is 1. The van der Waals surface area contributed by atoms with Crippen LogP contribution < -0.4 is 19.1 Å². The molecule has 1 unspecified atom stereocenters. The Labute approximate surface area is 164 Å². The van der Waals surface area contributed by atoms with Crippen LogP contribution in [0.4, 0.5) is 11.4 Å². The highest BCUT2D eigenvalue weighted by molar-refractivity contribution is 7.86. The zero-order valence-electron chi connectivity index (χ0n) is 15.2. The molecule has 1 amide bonds. The van der Waals surface area contributed by atoms with E-state index in [1.165, 1.54) is 18.3 Å². The summed E-state index contributed by atoms with van der Waals surface area (Å²) < 4.78 is 26.6. The average Bonchev–Trinajstić information content (AvgIpc) is 3.41. The van der Waals surface area contributed by atoms with Crippen molar-refractivity contribution in [1.82, 2.24) is 4.98 Å². The molecule has 0 saturated heterocycles. The summed E-state index contributed by atoms with van der Waals surface area (Å²) in [4.78, 5) is 16.0. The summed E-state index contributed by atoms with van der Waals surface area (Å²) in [5, 5.41) is 4.86. The fourth-order valence-electron chi connectivity index (χ4n) is 2.90. The molecule has 1 aromatic carbocycles. The smallest absolute Gasteiger partial charge is 0.221 e. The van der Waals surface area contributed by atoms with Crippen LogP contribution in [0.1, 0.15) is 37.6 Å². The van der Waals surface area contributed by atoms with E-state index in [4.69, 9.17) is 9.47 Å². The third-order valence-corrected chi connectivity index (χ3v) is 6.90. The molecule has 144 valence electrons. The number of aromatic nitrogens is 1. The predicted molar refractivity (Wildman–Crippen MR) is 105 cm³/mol. The van der Waals surface area contributed by atoms with E-state index in [2.05, 4.69) is 10.3 Å². The maximum atomic E-state index is 13.4. The van der Waals surface area contributed by atoms with Gasteiger partial charge in [0.15, 0.2) is 11.0 Å². The second kappa shape index (κ2) is 7.47. The highest BCUT2D eigenvalue weighted by atomic mass is 32.2. The van der Waals surface area contributed by atoms with Gasteiger partial charge in [-0.2, -0.15) is 0 Å². The van der Waals surface area contributed by atoms with Crippen LogP contribution in [-0.2, 0) is 15.8 Å². The molecular weight excluding hydrogens is 386 g/mol. The Bertz CT molecular complexity index is 895. The van der Waals surface area contributed by atoms with Gasteiger partial charge in [0.2, 0.25) is 16.0 Å². The molecular formula is C18H21N3O4S2. The van der Waals surface area contributed by atoms with Gasteiger partial charge in [-0.1, -0.05) is 11.3 Å². The first-order valence-electron chi connectivity index (χ1n) is 8.94. The topological polar surface area (TPSA) is 80.8 Å². The normalized spacial score (nSPS) is 17.0. The first-order valence-corrected chi connectivity index (χ1v) is 10.9. The number of rotatable bonds is 6. The van der Waals surface area contributed by atoms with Crippen LogP contribution in [0, 0.1) is 0 Å². The third-order valence-electron chi connectivity index (χ3n) is 4.25. The van der Waals surface area contributed by atoms with Crippen molar-refractivity contribution in [3.8, 4) is 10.8 Å². The van der Waals surface area contributed by atoms with E-state index in [1.807, 2.05) is 6.92 Å². The second-order valence-electron chi connectivity index (χ2n) is 6.42. The molecule has 2 heterocycles. The van der Waals surface area contributed by atoms with Gasteiger partial charge in [0.05, 0.1) is 18.8 Å². The van der Waals surface area contributed by atoms with Crippen LogP contribution in [0.3, 0.4) is 0 Å². The molecule has 1 aromatic heterocycles. The molecule has 1 aliphatic carbocycles. The Hall–Kier alpha value is -2.13. The largest absolute Gasteiger partial charge is 0.489 e. The highest BCUT2D eigenvalue weighted by Crippen LogP contribution is 2.46. The lowest BCUT2D eigenvalue weighted by Gasteiger charge is -2.29. The third kappa shape index (κ3) is 3.79. The molecule has 1 atom stereocenters. The van der Waals surface area contributed by atoms with Gasteiger partial charge in [-0.25, -0.2) is 9.19 Å². The van der Waals surface area contributed by atoms with Gasteiger partial charge >= 0.3 is 0 Å². The van der Waals surface area contributed by atoms with E-state index >= 15 is 0 Å². The van der Waals surface area contributed by atoms with Gasteiger partial charge < -0.3 is 14.8 Å². The van der Waals surface area contributed by atoms with E-state index in [9.17, 15) is 9.00 Å². The Morgan fingerprint density at radius 3 is 3.00 bits per heavy atom. The zero-order valence-corrected chi connectivity index (χ0v) is 16.8. The van der Waals surface area contributed by atoms with Crippen LogP contribution in [0.5, 0.6) is 10.8 Å². The van der Waals surface area contributed by atoms with Crippen molar-refractivity contribution in [3.63, 3.8) is 0 Å². The molecule has 0 spiro atoms. The number of carbonyl (C=O) groups excluding carboxylic acids is 1. The summed E-state index contributed by atoms with van der Waals surface area (Å²) >= 11 is 1.50. The first-order chi connectivity index (χ1) is 13.1. The van der Waals surface area contributed by atoms with E-state index in [1.54, 1.807) is 22.5 Å². The number of carbonyl (C=O) groups is 1. The molecule has 1 aliphatic heterocycles. The minimum atomic E-state index is -1.52. The molecule has 7 nitrogen and oxygen atoms in total. The quantitative estimate of drug-likeness (QED) is 0.795. The number of fused-ring (bicyclic) bond motifs is 1. The summed E-state index contributed by atoms with van der Waals surface area (Å²) in [6, 6.07) is 5.33. The number of nitrogens with one attached hydrogen (secondary N) is 1. The first kappa shape index (κ1) is 18.2. The lowest BCUT2D eigenvalue weighted by molar-refractivity contribution is -0.114. The fourth-order valence-corrected chi connectivity index (χ4v) is 5.48. The van der Waals surface area contributed by atoms with Crippen LogP contribution in [0.2, 0.25) is 0 Å². The van der Waals surface area contributed by atoms with Crippen LogP contribution >= 0.6 is 11.3 Å². The lowest BCUT2D eigenvalue weighted by Crippen LogP contribution is -2.34. The molecule has 0 bridgehead atoms. The van der Waals surface area contributed by atoms with Crippen molar-refractivity contribution in [2.45, 2.75) is 37.6 Å². The Kier molecular flexibility index (Phi) is 5.05. The van der Waals surface area contributed by atoms with Crippen molar-refractivity contribution in [1.29, 1.82) is 0 Å². The number of hydrogen-bond acceptors (Lipinski definition) is 6. The molecule has 1 fully saturated rings. The van der Waals surface area contributed by atoms with E-state index in [0.717, 1.165) is 17.8 Å². The molecule has 0 radical (unpaired) electrons. The highest BCUT2D eigenvalue weighted by Gasteiger charge is 2.33. The molecule has 1 saturated carbocycles. The predicted octanol–water partition coefficient (Wildman–Crippen LogP) is 3.30. The molecule has 9 heteroatoms. The van der Waals surface area contributed by atoms with Crippen LogP contribution in [0.15, 0.2) is 23.2 Å². The molecule has 2 aromatic rings. The monoisotopic (exact) mass is 407 g/mol. The maximum Gasteiger partial charge on any atom is 0.221 e. The molecule has 27 heavy (non-hydrogen) atoms. The lowest BCUT2D eigenvalue weighted by atomic mass is 10.2. The van der Waals surface area contributed by atoms with E-state index < -0.39 is 11.0 Å². The minimum absolute atomic E-state index is 0.161. The second-order valence-corrected chi connectivity index (χ2v) is 8.73. The maximum absolute atomic E-state index is 13.4. The summed E-state index contributed by atoms with van der Waals surface area (Å²) in [5.41, 5.74) is 1.31. The van der Waals surface area contributed by atoms with Crippen molar-refractivity contribution in [2.24, 2.45) is 0 Å². The molecule has 4 rings (SSSR count). The van der Waals surface area contributed by atoms with Crippen molar-refractivity contribution in [3.05, 3.63) is 23.2 Å². The van der Waals surface area contributed by atoms with Gasteiger partial charge in [-0.15, -0.1) is 0 Å². The standard InChI is InChI=1S/C18H21N3O4S2/c1-3-24-18-17(20-16(26-18)12-4-5-12)27(23)21-8-9-25-15-7-6-13(10-14(15)21)19-11(2)22/h6-7,10,12H,3-5,8-9H2,1-2H3,(H,19,22). The SMILES string of the molecule is CCOc1sc(C2CC2)nc1S(=O)N1CCOc2ccc(NC(C)=O)cc21. The average molecular weight is 408 g/mol. The van der Waals surface area contributed by atoms with Gasteiger partial charge in [-0.3, -0.25) is 9.10 Å². The number of nitrogens with zero attached hydrogens (tertiary/aromatic N) is 2. The van der Waals surface area contributed by atoms with Gasteiger partial charge in [0.1, 0.15) is 17.4 Å². The van der Waals surface area contributed by atoms with Gasteiger partial charge in [-0.05, 0) is 38.0 Å². The Morgan fingerprint density at radius 2 is 2.30 bits per heavy atom. The summed E-state index contributed by atoms with van der Waals surface area (Å²) in [6.45, 7) is 4.76. The Balaban J connectivity index is 1.68. The number of ether oxygens (including phenoxy) is 2. The number of benzene rings is 1. The van der Waals surface area contributed by atoms with Crippen molar-refractivity contribution < 1.29 is 18.5 Å². The summed E-state index contributed by atoms with van der Waals surface area (Å²) in [5.74, 6) is 0.953. The van der Waals surface area contributed by atoms with Crippen molar-refractivity contribution >= 4 is 39.6 Å². The molecule has 1 N–H and O–H groups in total.